The van der Waals surface area contributed by atoms with Crippen molar-refractivity contribution in [3.63, 3.8) is 0 Å². The molecule has 1 aromatic carbocycles. The largest absolute Gasteiger partial charge is 0.391 e. The third-order valence-corrected chi connectivity index (χ3v) is 5.75. The highest BCUT2D eigenvalue weighted by molar-refractivity contribution is 7.92. The molecule has 5 heteroatoms. The molecule has 0 radical (unpaired) electrons. The van der Waals surface area contributed by atoms with Crippen LogP contribution in [0.15, 0.2) is 24.3 Å². The lowest BCUT2D eigenvalue weighted by Gasteiger charge is -2.26. The Kier molecular flexibility index (Phi) is 4.02. The summed E-state index contributed by atoms with van der Waals surface area (Å²) in [4.78, 5) is 0. The molecule has 1 aliphatic heterocycles. The van der Waals surface area contributed by atoms with Crippen LogP contribution >= 0.6 is 0 Å². The molecule has 3 nitrogen and oxygen atoms in total. The Bertz CT molecular complexity index is 495. The number of halogens is 1. The van der Waals surface area contributed by atoms with Crippen molar-refractivity contribution in [3.05, 3.63) is 35.6 Å². The SMILES string of the molecule is O=S1(=O)CCCCC1C(O)Cc1ccc(F)cc1. The van der Waals surface area contributed by atoms with E-state index in [0.29, 0.717) is 12.8 Å². The summed E-state index contributed by atoms with van der Waals surface area (Å²) in [5.41, 5.74) is 0.754. The molecule has 1 aromatic rings. The van der Waals surface area contributed by atoms with Crippen molar-refractivity contribution in [2.45, 2.75) is 37.0 Å². The summed E-state index contributed by atoms with van der Waals surface area (Å²) in [5.74, 6) is -0.170. The van der Waals surface area contributed by atoms with Gasteiger partial charge in [-0.15, -0.1) is 0 Å². The number of sulfone groups is 1. The molecule has 1 saturated heterocycles. The van der Waals surface area contributed by atoms with Crippen molar-refractivity contribution in [2.24, 2.45) is 0 Å². The number of aliphatic hydroxyl groups is 1. The molecule has 1 fully saturated rings. The molecule has 1 N–H and O–H groups in total. The molecule has 0 saturated carbocycles. The van der Waals surface area contributed by atoms with Crippen LogP contribution in [0.2, 0.25) is 0 Å². The molecule has 2 unspecified atom stereocenters. The van der Waals surface area contributed by atoms with Gasteiger partial charge in [0.2, 0.25) is 0 Å². The first-order chi connectivity index (χ1) is 8.49. The van der Waals surface area contributed by atoms with Gasteiger partial charge >= 0.3 is 0 Å². The molecule has 1 heterocycles. The van der Waals surface area contributed by atoms with Crippen LogP contribution in [-0.4, -0.2) is 30.6 Å². The monoisotopic (exact) mass is 272 g/mol. The summed E-state index contributed by atoms with van der Waals surface area (Å²) in [5, 5.41) is 9.39. The predicted molar refractivity (Wildman–Crippen MR) is 67.5 cm³/mol. The number of benzene rings is 1. The highest BCUT2D eigenvalue weighted by Crippen LogP contribution is 2.24. The van der Waals surface area contributed by atoms with E-state index in [1.165, 1.54) is 12.1 Å². The van der Waals surface area contributed by atoms with Gasteiger partial charge in [0, 0.05) is 0 Å². The van der Waals surface area contributed by atoms with Gasteiger partial charge in [-0.3, -0.25) is 0 Å². The number of aliphatic hydroxyl groups excluding tert-OH is 1. The molecule has 0 aliphatic carbocycles. The third-order valence-electron chi connectivity index (χ3n) is 3.42. The predicted octanol–water partition coefficient (Wildman–Crippen LogP) is 1.70. The fraction of sp³-hybridized carbons (Fsp3) is 0.538. The number of rotatable bonds is 3. The van der Waals surface area contributed by atoms with Crippen LogP contribution in [0.4, 0.5) is 4.39 Å². The molecule has 100 valence electrons. The molecule has 1 aliphatic rings. The zero-order valence-electron chi connectivity index (χ0n) is 10.0. The lowest BCUT2D eigenvalue weighted by molar-refractivity contribution is 0.162. The second kappa shape index (κ2) is 5.36. The van der Waals surface area contributed by atoms with Gasteiger partial charge in [0.15, 0.2) is 9.84 Å². The van der Waals surface area contributed by atoms with Crippen molar-refractivity contribution in [1.82, 2.24) is 0 Å². The van der Waals surface area contributed by atoms with Gasteiger partial charge in [-0.1, -0.05) is 18.6 Å². The Labute approximate surface area is 107 Å². The summed E-state index contributed by atoms with van der Waals surface area (Å²) in [6, 6.07) is 5.79. The molecule has 0 spiro atoms. The average Bonchev–Trinajstić information content (AvgIpc) is 2.31. The molecule has 2 rings (SSSR count). The Balaban J connectivity index is 2.07. The normalized spacial score (nSPS) is 24.7. The average molecular weight is 272 g/mol. The highest BCUT2D eigenvalue weighted by atomic mass is 32.2. The van der Waals surface area contributed by atoms with Gasteiger partial charge in [0.05, 0.1) is 17.1 Å². The van der Waals surface area contributed by atoms with Crippen LogP contribution < -0.4 is 0 Å². The Morgan fingerprint density at radius 1 is 1.28 bits per heavy atom. The van der Waals surface area contributed by atoms with Gasteiger partial charge < -0.3 is 5.11 Å². The van der Waals surface area contributed by atoms with Crippen molar-refractivity contribution in [3.8, 4) is 0 Å². The lowest BCUT2D eigenvalue weighted by Crippen LogP contribution is -2.39. The van der Waals surface area contributed by atoms with Gasteiger partial charge in [0.1, 0.15) is 5.82 Å². The maximum atomic E-state index is 12.7. The molecule has 0 aromatic heterocycles. The maximum absolute atomic E-state index is 12.7. The van der Waals surface area contributed by atoms with E-state index < -0.39 is 21.2 Å². The Morgan fingerprint density at radius 3 is 2.56 bits per heavy atom. The van der Waals surface area contributed by atoms with E-state index in [1.807, 2.05) is 0 Å². The summed E-state index contributed by atoms with van der Waals surface area (Å²) in [6.07, 6.45) is 1.39. The Hall–Kier alpha value is -0.940. The molecule has 2 atom stereocenters. The van der Waals surface area contributed by atoms with Crippen LogP contribution in [0.5, 0.6) is 0 Å². The van der Waals surface area contributed by atoms with Crippen LogP contribution in [-0.2, 0) is 16.3 Å². The Morgan fingerprint density at radius 2 is 1.94 bits per heavy atom. The highest BCUT2D eigenvalue weighted by Gasteiger charge is 2.34. The van der Waals surface area contributed by atoms with Gasteiger partial charge in [-0.25, -0.2) is 12.8 Å². The summed E-state index contributed by atoms with van der Waals surface area (Å²) >= 11 is 0. The quantitative estimate of drug-likeness (QED) is 0.911. The van der Waals surface area contributed by atoms with E-state index in [4.69, 9.17) is 0 Å². The molecular formula is C13H17FO3S. The van der Waals surface area contributed by atoms with Crippen molar-refractivity contribution in [2.75, 3.05) is 5.75 Å². The van der Waals surface area contributed by atoms with Crippen LogP contribution in [0.1, 0.15) is 24.8 Å². The second-order valence-corrected chi connectivity index (χ2v) is 7.14. The van der Waals surface area contributed by atoms with Crippen molar-refractivity contribution in [1.29, 1.82) is 0 Å². The van der Waals surface area contributed by atoms with Crippen LogP contribution in [0.3, 0.4) is 0 Å². The first-order valence-electron chi connectivity index (χ1n) is 6.13. The first kappa shape index (κ1) is 13.5. The van der Waals surface area contributed by atoms with Gasteiger partial charge in [-0.05, 0) is 37.0 Å². The number of hydrogen-bond acceptors (Lipinski definition) is 3. The van der Waals surface area contributed by atoms with E-state index in [-0.39, 0.29) is 18.0 Å². The topological polar surface area (TPSA) is 54.4 Å². The van der Waals surface area contributed by atoms with E-state index >= 15 is 0 Å². The first-order valence-corrected chi connectivity index (χ1v) is 7.85. The molecule has 0 amide bonds. The minimum atomic E-state index is -3.18. The van der Waals surface area contributed by atoms with E-state index in [1.54, 1.807) is 12.1 Å². The zero-order valence-corrected chi connectivity index (χ0v) is 10.9. The zero-order chi connectivity index (χ0) is 13.2. The fourth-order valence-corrected chi connectivity index (χ4v) is 4.41. The molecule has 0 bridgehead atoms. The lowest BCUT2D eigenvalue weighted by atomic mass is 10.0. The summed E-state index contributed by atoms with van der Waals surface area (Å²) in [7, 11) is -3.18. The van der Waals surface area contributed by atoms with E-state index in [2.05, 4.69) is 0 Å². The van der Waals surface area contributed by atoms with Crippen molar-refractivity contribution < 1.29 is 17.9 Å². The summed E-state index contributed by atoms with van der Waals surface area (Å²) < 4.78 is 36.4. The summed E-state index contributed by atoms with van der Waals surface area (Å²) in [6.45, 7) is 0. The second-order valence-electron chi connectivity index (χ2n) is 4.80. The minimum Gasteiger partial charge on any atom is -0.391 e. The van der Waals surface area contributed by atoms with E-state index in [0.717, 1.165) is 12.0 Å². The fourth-order valence-electron chi connectivity index (χ4n) is 2.40. The van der Waals surface area contributed by atoms with Crippen molar-refractivity contribution >= 4 is 9.84 Å². The smallest absolute Gasteiger partial charge is 0.155 e. The standard InChI is InChI=1S/C13H17FO3S/c14-11-6-4-10(5-7-11)9-12(15)13-3-1-2-8-18(13,16)17/h4-7,12-13,15H,1-3,8-9H2. The van der Waals surface area contributed by atoms with E-state index in [9.17, 15) is 17.9 Å². The number of hydrogen-bond donors (Lipinski definition) is 1. The van der Waals surface area contributed by atoms with Crippen LogP contribution in [0.25, 0.3) is 0 Å². The third kappa shape index (κ3) is 3.09. The van der Waals surface area contributed by atoms with Gasteiger partial charge in [0.25, 0.3) is 0 Å². The maximum Gasteiger partial charge on any atom is 0.155 e. The molecular weight excluding hydrogens is 255 g/mol. The molecule has 18 heavy (non-hydrogen) atoms. The minimum absolute atomic E-state index is 0.165. The van der Waals surface area contributed by atoms with Gasteiger partial charge in [-0.2, -0.15) is 0 Å². The van der Waals surface area contributed by atoms with Crippen LogP contribution in [0, 0.1) is 5.82 Å².